The smallest absolute Gasteiger partial charge is 0.476 e. The summed E-state index contributed by atoms with van der Waals surface area (Å²) in [6, 6.07) is 5.68. The Hall–Kier alpha value is -2.59. The summed E-state index contributed by atoms with van der Waals surface area (Å²) < 4.78 is 42.5. The van der Waals surface area contributed by atoms with Crippen LogP contribution in [0.1, 0.15) is 43.7 Å². The standard InChI is InChI=1S/C18H20BF2N3O4/c1-17(2)18(3,4)28-19(27-17)15(21)12(11-7-5-6-8-13(11)20)9-24-10-14(16(25)26)22-23-24/h5-8,10H,9H2,1-4H3,(H,25,26). The van der Waals surface area contributed by atoms with E-state index in [1.807, 2.05) is 0 Å². The van der Waals surface area contributed by atoms with Crippen molar-refractivity contribution < 1.29 is 28.0 Å². The van der Waals surface area contributed by atoms with E-state index in [9.17, 15) is 9.18 Å². The summed E-state index contributed by atoms with van der Waals surface area (Å²) in [5.41, 5.74) is -2.74. The number of aromatic carboxylic acids is 1. The summed E-state index contributed by atoms with van der Waals surface area (Å²) in [6.07, 6.45) is 1.14. The summed E-state index contributed by atoms with van der Waals surface area (Å²) in [4.78, 5) is 11.0. The van der Waals surface area contributed by atoms with Crippen LogP contribution < -0.4 is 0 Å². The number of carboxylic acids is 1. The highest BCUT2D eigenvalue weighted by Crippen LogP contribution is 2.40. The van der Waals surface area contributed by atoms with Crippen LogP contribution in [0.3, 0.4) is 0 Å². The molecule has 1 aliphatic rings. The van der Waals surface area contributed by atoms with Crippen LogP contribution >= 0.6 is 0 Å². The van der Waals surface area contributed by atoms with Crippen molar-refractivity contribution in [3.8, 4) is 0 Å². The molecule has 0 unspecified atom stereocenters. The molecule has 1 aliphatic heterocycles. The molecule has 2 heterocycles. The predicted octanol–water partition coefficient (Wildman–Crippen LogP) is 3.13. The zero-order valence-corrected chi connectivity index (χ0v) is 15.9. The number of halogens is 2. The Bertz CT molecular complexity index is 926. The Morgan fingerprint density at radius 3 is 2.36 bits per heavy atom. The molecule has 2 aromatic rings. The minimum Gasteiger partial charge on any atom is -0.476 e. The van der Waals surface area contributed by atoms with Gasteiger partial charge in [-0.25, -0.2) is 18.3 Å². The maximum absolute atomic E-state index is 15.5. The summed E-state index contributed by atoms with van der Waals surface area (Å²) in [5, 5.41) is 16.2. The van der Waals surface area contributed by atoms with Gasteiger partial charge in [-0.3, -0.25) is 0 Å². The fraction of sp³-hybridized carbons (Fsp3) is 0.389. The van der Waals surface area contributed by atoms with E-state index in [4.69, 9.17) is 14.4 Å². The van der Waals surface area contributed by atoms with E-state index in [2.05, 4.69) is 10.3 Å². The molecule has 0 radical (unpaired) electrons. The maximum Gasteiger partial charge on any atom is 0.525 e. The second-order valence-corrected chi connectivity index (χ2v) is 7.50. The predicted molar refractivity (Wildman–Crippen MR) is 97.5 cm³/mol. The van der Waals surface area contributed by atoms with Gasteiger partial charge in [0.25, 0.3) is 0 Å². The topological polar surface area (TPSA) is 86.5 Å². The Kier molecular flexibility index (Phi) is 5.11. The van der Waals surface area contributed by atoms with Crippen LogP contribution in [0.15, 0.2) is 36.2 Å². The monoisotopic (exact) mass is 391 g/mol. The average molecular weight is 391 g/mol. The molecule has 0 amide bonds. The highest BCUT2D eigenvalue weighted by Gasteiger charge is 2.53. The minimum atomic E-state index is -1.33. The van der Waals surface area contributed by atoms with E-state index in [1.165, 1.54) is 18.2 Å². The third-order valence-corrected chi connectivity index (χ3v) is 5.03. The largest absolute Gasteiger partial charge is 0.525 e. The molecule has 0 saturated carbocycles. The molecular weight excluding hydrogens is 371 g/mol. The molecule has 1 saturated heterocycles. The lowest BCUT2D eigenvalue weighted by molar-refractivity contribution is 0.00578. The van der Waals surface area contributed by atoms with Crippen LogP contribution in [0.25, 0.3) is 5.57 Å². The van der Waals surface area contributed by atoms with E-state index in [0.717, 1.165) is 10.9 Å². The highest BCUT2D eigenvalue weighted by molar-refractivity contribution is 6.55. The Morgan fingerprint density at radius 1 is 1.21 bits per heavy atom. The quantitative estimate of drug-likeness (QED) is 0.789. The highest BCUT2D eigenvalue weighted by atomic mass is 19.1. The molecular formula is C18H20BF2N3O4. The van der Waals surface area contributed by atoms with Gasteiger partial charge in [0.2, 0.25) is 0 Å². The SMILES string of the molecule is CC1(C)OB(C(F)=C(Cn2cc(C(=O)O)nn2)c2ccccc2F)OC1(C)C. The normalized spacial score (nSPS) is 18.9. The summed E-state index contributed by atoms with van der Waals surface area (Å²) in [6.45, 7) is 6.86. The molecule has 1 fully saturated rings. The molecule has 10 heteroatoms. The number of nitrogens with zero attached hydrogens (tertiary/aromatic N) is 3. The van der Waals surface area contributed by atoms with Crippen molar-refractivity contribution in [2.45, 2.75) is 45.4 Å². The van der Waals surface area contributed by atoms with Crippen molar-refractivity contribution in [2.75, 3.05) is 0 Å². The first-order valence-electron chi connectivity index (χ1n) is 8.64. The van der Waals surface area contributed by atoms with E-state index in [1.54, 1.807) is 33.8 Å². The van der Waals surface area contributed by atoms with Crippen LogP contribution in [-0.4, -0.2) is 44.4 Å². The lowest BCUT2D eigenvalue weighted by atomic mass is 9.82. The van der Waals surface area contributed by atoms with Crippen LogP contribution in [0.5, 0.6) is 0 Å². The second kappa shape index (κ2) is 7.10. The number of aromatic nitrogens is 3. The first kappa shape index (κ1) is 20.2. The van der Waals surface area contributed by atoms with E-state index < -0.39 is 35.8 Å². The molecule has 1 aromatic carbocycles. The first-order chi connectivity index (χ1) is 13.0. The van der Waals surface area contributed by atoms with Crippen molar-refractivity contribution >= 4 is 18.7 Å². The minimum absolute atomic E-state index is 0.00193. The molecule has 1 aromatic heterocycles. The number of rotatable bonds is 5. The van der Waals surface area contributed by atoms with E-state index in [0.29, 0.717) is 0 Å². The number of carboxylic acid groups (broad SMARTS) is 1. The van der Waals surface area contributed by atoms with Crippen molar-refractivity contribution in [1.82, 2.24) is 15.0 Å². The van der Waals surface area contributed by atoms with Gasteiger partial charge in [0.05, 0.1) is 23.9 Å². The zero-order chi connectivity index (χ0) is 20.7. The van der Waals surface area contributed by atoms with Crippen molar-refractivity contribution in [1.29, 1.82) is 0 Å². The summed E-state index contributed by atoms with van der Waals surface area (Å²) in [5.74, 6) is -1.91. The van der Waals surface area contributed by atoms with Gasteiger partial charge >= 0.3 is 13.1 Å². The Labute approximate surface area is 161 Å². The molecule has 148 valence electrons. The van der Waals surface area contributed by atoms with Crippen molar-refractivity contribution in [2.24, 2.45) is 0 Å². The average Bonchev–Trinajstić information content (AvgIpc) is 3.15. The molecule has 0 aliphatic carbocycles. The van der Waals surface area contributed by atoms with Gasteiger partial charge in [0.15, 0.2) is 5.69 Å². The Morgan fingerprint density at radius 2 is 1.82 bits per heavy atom. The van der Waals surface area contributed by atoms with Gasteiger partial charge in [-0.1, -0.05) is 23.4 Å². The van der Waals surface area contributed by atoms with Crippen LogP contribution in [-0.2, 0) is 15.9 Å². The fourth-order valence-corrected chi connectivity index (χ4v) is 2.72. The fourth-order valence-electron chi connectivity index (χ4n) is 2.72. The number of hydrogen-bond acceptors (Lipinski definition) is 5. The molecule has 0 bridgehead atoms. The lowest BCUT2D eigenvalue weighted by Crippen LogP contribution is -2.41. The molecule has 3 rings (SSSR count). The first-order valence-corrected chi connectivity index (χ1v) is 8.64. The van der Waals surface area contributed by atoms with Gasteiger partial charge in [-0.05, 0) is 33.8 Å². The number of allylic oxidation sites excluding steroid dienone is 1. The van der Waals surface area contributed by atoms with Crippen LogP contribution in [0.4, 0.5) is 8.78 Å². The molecule has 1 N–H and O–H groups in total. The van der Waals surface area contributed by atoms with Crippen LogP contribution in [0, 0.1) is 5.82 Å². The number of hydrogen-bond donors (Lipinski definition) is 1. The lowest BCUT2D eigenvalue weighted by Gasteiger charge is -2.32. The third-order valence-electron chi connectivity index (χ3n) is 5.03. The van der Waals surface area contributed by atoms with E-state index >= 15 is 4.39 Å². The second-order valence-electron chi connectivity index (χ2n) is 7.50. The van der Waals surface area contributed by atoms with Gasteiger partial charge in [0.1, 0.15) is 11.5 Å². The van der Waals surface area contributed by atoms with Gasteiger partial charge in [-0.2, -0.15) is 0 Å². The number of benzene rings is 1. The van der Waals surface area contributed by atoms with Crippen molar-refractivity contribution in [3.05, 3.63) is 53.3 Å². The van der Waals surface area contributed by atoms with E-state index in [-0.39, 0.29) is 23.4 Å². The van der Waals surface area contributed by atoms with Crippen molar-refractivity contribution in [3.63, 3.8) is 0 Å². The molecule has 7 nitrogen and oxygen atoms in total. The summed E-state index contributed by atoms with van der Waals surface area (Å²) in [7, 11) is -1.33. The third kappa shape index (κ3) is 3.70. The van der Waals surface area contributed by atoms with Gasteiger partial charge in [0, 0.05) is 11.1 Å². The number of carbonyl (C=O) groups is 1. The molecule has 0 atom stereocenters. The maximum atomic E-state index is 15.5. The van der Waals surface area contributed by atoms with Gasteiger partial charge < -0.3 is 14.4 Å². The molecule has 28 heavy (non-hydrogen) atoms. The Balaban J connectivity index is 2.04. The van der Waals surface area contributed by atoms with Crippen LogP contribution in [0.2, 0.25) is 0 Å². The zero-order valence-electron chi connectivity index (χ0n) is 15.9. The summed E-state index contributed by atoms with van der Waals surface area (Å²) >= 11 is 0. The molecule has 0 spiro atoms. The van der Waals surface area contributed by atoms with Gasteiger partial charge in [-0.15, -0.1) is 5.10 Å².